The molecule has 0 saturated carbocycles. The number of rotatable bonds is 9. The SMILES string of the molecule is Cc1ccc(C2/C(=C(/O)c3ccc(OCC(C)C)cc3)C(=O)C(=O)N2CCCN2CCOCC2)cc1. The molecule has 4 rings (SSSR count). The average Bonchev–Trinajstić information content (AvgIpc) is 3.13. The Morgan fingerprint density at radius 3 is 2.33 bits per heavy atom. The van der Waals surface area contributed by atoms with Crippen LogP contribution in [0.1, 0.15) is 43.0 Å². The van der Waals surface area contributed by atoms with Crippen LogP contribution < -0.4 is 4.74 Å². The van der Waals surface area contributed by atoms with Gasteiger partial charge in [0.1, 0.15) is 11.5 Å². The maximum absolute atomic E-state index is 13.2. The number of aliphatic hydroxyl groups excluding tert-OH is 1. The fourth-order valence-electron chi connectivity index (χ4n) is 4.62. The Morgan fingerprint density at radius 2 is 1.69 bits per heavy atom. The molecule has 1 unspecified atom stereocenters. The molecule has 0 aromatic heterocycles. The second-order valence-electron chi connectivity index (χ2n) is 9.94. The lowest BCUT2D eigenvalue weighted by Gasteiger charge is -2.29. The molecule has 2 saturated heterocycles. The van der Waals surface area contributed by atoms with Gasteiger partial charge in [-0.2, -0.15) is 0 Å². The van der Waals surface area contributed by atoms with E-state index in [1.807, 2.05) is 31.2 Å². The van der Waals surface area contributed by atoms with Gasteiger partial charge in [-0.3, -0.25) is 14.5 Å². The summed E-state index contributed by atoms with van der Waals surface area (Å²) in [5.41, 5.74) is 2.51. The minimum atomic E-state index is -0.649. The number of aryl methyl sites for hydroxylation is 1. The van der Waals surface area contributed by atoms with Crippen LogP contribution in [0.25, 0.3) is 5.76 Å². The first kappa shape index (κ1) is 25.9. The van der Waals surface area contributed by atoms with Crippen molar-refractivity contribution in [1.29, 1.82) is 0 Å². The first-order valence-corrected chi connectivity index (χ1v) is 12.7. The highest BCUT2D eigenvalue weighted by atomic mass is 16.5. The fraction of sp³-hybridized carbons (Fsp3) is 0.448. The molecule has 0 radical (unpaired) electrons. The van der Waals surface area contributed by atoms with Gasteiger partial charge in [-0.05, 0) is 49.1 Å². The van der Waals surface area contributed by atoms with Crippen LogP contribution in [0, 0.1) is 12.8 Å². The topological polar surface area (TPSA) is 79.3 Å². The summed E-state index contributed by atoms with van der Waals surface area (Å²) in [7, 11) is 0. The van der Waals surface area contributed by atoms with Crippen molar-refractivity contribution in [1.82, 2.24) is 9.80 Å². The molecular weight excluding hydrogens is 456 g/mol. The summed E-state index contributed by atoms with van der Waals surface area (Å²) in [4.78, 5) is 30.3. The summed E-state index contributed by atoms with van der Waals surface area (Å²) in [6.45, 7) is 11.2. The minimum Gasteiger partial charge on any atom is -0.507 e. The van der Waals surface area contributed by atoms with Crippen LogP contribution in [0.15, 0.2) is 54.1 Å². The maximum Gasteiger partial charge on any atom is 0.295 e. The Kier molecular flexibility index (Phi) is 8.44. The van der Waals surface area contributed by atoms with Crippen LogP contribution >= 0.6 is 0 Å². The number of ketones is 1. The van der Waals surface area contributed by atoms with Gasteiger partial charge in [0.15, 0.2) is 0 Å². The Morgan fingerprint density at radius 1 is 1.03 bits per heavy atom. The number of ether oxygens (including phenoxy) is 2. The van der Waals surface area contributed by atoms with Crippen molar-refractivity contribution < 1.29 is 24.2 Å². The molecule has 192 valence electrons. The quantitative estimate of drug-likeness (QED) is 0.322. The van der Waals surface area contributed by atoms with E-state index < -0.39 is 17.7 Å². The summed E-state index contributed by atoms with van der Waals surface area (Å²) in [6, 6.07) is 14.1. The second kappa shape index (κ2) is 11.7. The van der Waals surface area contributed by atoms with Gasteiger partial charge in [0.25, 0.3) is 11.7 Å². The number of nitrogens with zero attached hydrogens (tertiary/aromatic N) is 2. The van der Waals surface area contributed by atoms with Crippen molar-refractivity contribution in [3.63, 3.8) is 0 Å². The third-order valence-electron chi connectivity index (χ3n) is 6.62. The number of Topliss-reactive ketones (excluding diaryl/α,β-unsaturated/α-hetero) is 1. The summed E-state index contributed by atoms with van der Waals surface area (Å²) >= 11 is 0. The predicted octanol–water partition coefficient (Wildman–Crippen LogP) is 4.17. The maximum atomic E-state index is 13.2. The molecular formula is C29H36N2O5. The fourth-order valence-corrected chi connectivity index (χ4v) is 4.62. The number of benzene rings is 2. The molecule has 2 heterocycles. The molecule has 0 aliphatic carbocycles. The van der Waals surface area contributed by atoms with Gasteiger partial charge in [-0.25, -0.2) is 0 Å². The molecule has 7 nitrogen and oxygen atoms in total. The van der Waals surface area contributed by atoms with E-state index in [0.717, 1.165) is 50.4 Å². The van der Waals surface area contributed by atoms with E-state index in [9.17, 15) is 14.7 Å². The largest absolute Gasteiger partial charge is 0.507 e. The summed E-state index contributed by atoms with van der Waals surface area (Å²) < 4.78 is 11.2. The number of carbonyl (C=O) groups is 2. The van der Waals surface area contributed by atoms with Crippen molar-refractivity contribution in [2.24, 2.45) is 5.92 Å². The van der Waals surface area contributed by atoms with E-state index in [1.165, 1.54) is 0 Å². The smallest absolute Gasteiger partial charge is 0.295 e. The Labute approximate surface area is 213 Å². The van der Waals surface area contributed by atoms with E-state index in [-0.39, 0.29) is 11.3 Å². The van der Waals surface area contributed by atoms with Crippen molar-refractivity contribution in [3.05, 3.63) is 70.8 Å². The van der Waals surface area contributed by atoms with Crippen molar-refractivity contribution in [2.75, 3.05) is 46.0 Å². The Hall–Kier alpha value is -3.16. The predicted molar refractivity (Wildman–Crippen MR) is 139 cm³/mol. The molecule has 2 fully saturated rings. The highest BCUT2D eigenvalue weighted by molar-refractivity contribution is 6.46. The monoisotopic (exact) mass is 492 g/mol. The van der Waals surface area contributed by atoms with Crippen LogP contribution in [0.5, 0.6) is 5.75 Å². The highest BCUT2D eigenvalue weighted by Crippen LogP contribution is 2.39. The third kappa shape index (κ3) is 5.97. The first-order valence-electron chi connectivity index (χ1n) is 12.7. The summed E-state index contributed by atoms with van der Waals surface area (Å²) in [5, 5.41) is 11.3. The van der Waals surface area contributed by atoms with Crippen LogP contribution in [-0.4, -0.2) is 72.6 Å². The Balaban J connectivity index is 1.61. The number of morpholine rings is 1. The molecule has 36 heavy (non-hydrogen) atoms. The number of hydrogen-bond acceptors (Lipinski definition) is 6. The van der Waals surface area contributed by atoms with Crippen LogP contribution in [0.2, 0.25) is 0 Å². The molecule has 0 spiro atoms. The van der Waals surface area contributed by atoms with Crippen molar-refractivity contribution in [3.8, 4) is 5.75 Å². The molecule has 1 atom stereocenters. The van der Waals surface area contributed by atoms with Gasteiger partial charge in [0.05, 0.1) is 31.4 Å². The lowest BCUT2D eigenvalue weighted by atomic mass is 9.94. The average molecular weight is 493 g/mol. The zero-order valence-corrected chi connectivity index (χ0v) is 21.4. The highest BCUT2D eigenvalue weighted by Gasteiger charge is 2.45. The van der Waals surface area contributed by atoms with Crippen molar-refractivity contribution in [2.45, 2.75) is 33.2 Å². The molecule has 2 aliphatic heterocycles. The lowest BCUT2D eigenvalue weighted by Crippen LogP contribution is -2.38. The van der Waals surface area contributed by atoms with Gasteiger partial charge in [0, 0.05) is 31.7 Å². The second-order valence-corrected chi connectivity index (χ2v) is 9.94. The lowest BCUT2D eigenvalue weighted by molar-refractivity contribution is -0.140. The van der Waals surface area contributed by atoms with Gasteiger partial charge in [-0.1, -0.05) is 43.7 Å². The summed E-state index contributed by atoms with van der Waals surface area (Å²) in [6.07, 6.45) is 0.733. The number of amides is 1. The Bertz CT molecular complexity index is 1090. The van der Waals surface area contributed by atoms with Crippen LogP contribution in [-0.2, 0) is 14.3 Å². The molecule has 1 amide bonds. The van der Waals surface area contributed by atoms with Gasteiger partial charge in [0.2, 0.25) is 0 Å². The molecule has 2 aromatic carbocycles. The van der Waals surface area contributed by atoms with E-state index >= 15 is 0 Å². The summed E-state index contributed by atoms with van der Waals surface area (Å²) in [5.74, 6) is -0.290. The van der Waals surface area contributed by atoms with Crippen molar-refractivity contribution >= 4 is 17.4 Å². The molecule has 2 aromatic rings. The molecule has 2 aliphatic rings. The standard InChI is InChI=1S/C29H36N2O5/c1-20(2)19-36-24-11-9-23(10-12-24)27(32)25-26(22-7-5-21(3)6-8-22)31(29(34)28(25)33)14-4-13-30-15-17-35-18-16-30/h5-12,20,26,32H,4,13-19H2,1-3H3/b27-25-. The minimum absolute atomic E-state index is 0.131. The number of carbonyl (C=O) groups excluding carboxylic acids is 2. The van der Waals surface area contributed by atoms with E-state index in [2.05, 4.69) is 18.7 Å². The third-order valence-corrected chi connectivity index (χ3v) is 6.62. The number of hydrogen-bond donors (Lipinski definition) is 1. The number of likely N-dealkylation sites (tertiary alicyclic amines) is 1. The van der Waals surface area contributed by atoms with E-state index in [1.54, 1.807) is 29.2 Å². The van der Waals surface area contributed by atoms with Crippen LogP contribution in [0.4, 0.5) is 0 Å². The molecule has 0 bridgehead atoms. The first-order chi connectivity index (χ1) is 17.3. The van der Waals surface area contributed by atoms with Crippen LogP contribution in [0.3, 0.4) is 0 Å². The van der Waals surface area contributed by atoms with E-state index in [0.29, 0.717) is 30.4 Å². The van der Waals surface area contributed by atoms with Gasteiger partial charge < -0.3 is 19.5 Å². The normalized spacial score (nSPS) is 20.3. The van der Waals surface area contributed by atoms with E-state index in [4.69, 9.17) is 9.47 Å². The number of aliphatic hydroxyl groups is 1. The zero-order chi connectivity index (χ0) is 25.7. The molecule has 7 heteroatoms. The van der Waals surface area contributed by atoms with Gasteiger partial charge in [-0.15, -0.1) is 0 Å². The van der Waals surface area contributed by atoms with Gasteiger partial charge >= 0.3 is 0 Å². The zero-order valence-electron chi connectivity index (χ0n) is 21.4. The molecule has 1 N–H and O–H groups in total.